The molecule has 4 heterocycles. The average molecular weight is 460 g/mol. The smallest absolute Gasteiger partial charge is 0.331 e. The molecule has 164 valence electrons. The maximum absolute atomic E-state index is 13.8. The highest BCUT2D eigenvalue weighted by Gasteiger charge is 2.37. The van der Waals surface area contributed by atoms with Crippen molar-refractivity contribution >= 4 is 22.9 Å². The average Bonchev–Trinajstić information content (AvgIpc) is 3.52. The van der Waals surface area contributed by atoms with Crippen LogP contribution in [0.3, 0.4) is 0 Å². The minimum absolute atomic E-state index is 0.00270. The molecule has 3 aromatic heterocycles. The summed E-state index contributed by atoms with van der Waals surface area (Å²) in [4.78, 5) is 19.9. The number of amides is 1. The van der Waals surface area contributed by atoms with Gasteiger partial charge in [-0.25, -0.2) is 13.9 Å². The van der Waals surface area contributed by atoms with Crippen LogP contribution in [0.2, 0.25) is 0 Å². The summed E-state index contributed by atoms with van der Waals surface area (Å²) in [7, 11) is 0. The molecule has 1 aromatic carbocycles. The Balaban J connectivity index is 1.60. The van der Waals surface area contributed by atoms with Gasteiger partial charge in [-0.1, -0.05) is 18.2 Å². The maximum atomic E-state index is 13.8. The van der Waals surface area contributed by atoms with E-state index in [1.54, 1.807) is 34.5 Å². The van der Waals surface area contributed by atoms with Gasteiger partial charge in [0.1, 0.15) is 11.4 Å². The van der Waals surface area contributed by atoms with Crippen molar-refractivity contribution in [1.29, 1.82) is 0 Å². The molecule has 0 aliphatic carbocycles. The molecular weight excluding hydrogens is 444 g/mol. The fourth-order valence-corrected chi connectivity index (χ4v) is 4.75. The first-order valence-electron chi connectivity index (χ1n) is 9.89. The largest absolute Gasteiger partial charge is 0.433 e. The second-order valence-electron chi connectivity index (χ2n) is 7.50. The molecule has 1 atom stereocenters. The van der Waals surface area contributed by atoms with E-state index in [1.165, 1.54) is 23.5 Å². The first-order valence-corrected chi connectivity index (χ1v) is 10.8. The van der Waals surface area contributed by atoms with Gasteiger partial charge in [0.15, 0.2) is 11.3 Å². The molecule has 5 rings (SSSR count). The van der Waals surface area contributed by atoms with E-state index in [1.807, 2.05) is 0 Å². The van der Waals surface area contributed by atoms with Crippen LogP contribution in [0.4, 0.5) is 17.6 Å². The van der Waals surface area contributed by atoms with Crippen LogP contribution in [-0.4, -0.2) is 31.9 Å². The topological polar surface area (TPSA) is 50.5 Å². The SMILES string of the molecule is O=C(c1cnn2c(C(F)(F)F)cc(-c3cccs3)nc12)N1CCC[C@@H]1c1ccc(F)cc1. The number of hydrogen-bond donors (Lipinski definition) is 0. The van der Waals surface area contributed by atoms with Crippen LogP contribution in [0.1, 0.15) is 40.5 Å². The molecule has 10 heteroatoms. The number of fused-ring (bicyclic) bond motifs is 1. The third-order valence-corrected chi connectivity index (χ3v) is 6.43. The number of nitrogens with zero attached hydrogens (tertiary/aromatic N) is 4. The molecule has 5 nitrogen and oxygen atoms in total. The predicted octanol–water partition coefficient (Wildman–Crippen LogP) is 5.59. The monoisotopic (exact) mass is 460 g/mol. The third-order valence-electron chi connectivity index (χ3n) is 5.53. The van der Waals surface area contributed by atoms with Crippen molar-refractivity contribution in [1.82, 2.24) is 19.5 Å². The van der Waals surface area contributed by atoms with E-state index in [2.05, 4.69) is 10.1 Å². The standard InChI is InChI=1S/C22H16F4N4OS/c23-14-7-5-13(6-8-14)17-3-1-9-29(17)21(31)15-12-27-30-19(22(24,25)26)11-16(28-20(15)30)18-4-2-10-32-18/h2,4-8,10-12,17H,1,3,9H2/t17-/m1/s1. The summed E-state index contributed by atoms with van der Waals surface area (Å²) >= 11 is 1.26. The summed E-state index contributed by atoms with van der Waals surface area (Å²) in [5, 5.41) is 5.59. The lowest BCUT2D eigenvalue weighted by molar-refractivity contribution is -0.142. The maximum Gasteiger partial charge on any atom is 0.433 e. The Bertz CT molecular complexity index is 1280. The van der Waals surface area contributed by atoms with Gasteiger partial charge in [0.2, 0.25) is 0 Å². The Kier molecular flexibility index (Phi) is 4.96. The Hall–Kier alpha value is -3.27. The third kappa shape index (κ3) is 3.54. The molecule has 1 aliphatic rings. The van der Waals surface area contributed by atoms with Crippen molar-refractivity contribution in [2.75, 3.05) is 6.54 Å². The van der Waals surface area contributed by atoms with E-state index in [-0.39, 0.29) is 28.8 Å². The fraction of sp³-hybridized carbons (Fsp3) is 0.227. The number of aromatic nitrogens is 3. The van der Waals surface area contributed by atoms with Crippen LogP contribution in [0.25, 0.3) is 16.2 Å². The van der Waals surface area contributed by atoms with Crippen LogP contribution >= 0.6 is 11.3 Å². The van der Waals surface area contributed by atoms with Crippen LogP contribution in [0.15, 0.2) is 54.0 Å². The molecule has 0 radical (unpaired) electrons. The lowest BCUT2D eigenvalue weighted by atomic mass is 10.0. The zero-order chi connectivity index (χ0) is 22.5. The molecule has 0 unspecified atom stereocenters. The van der Waals surface area contributed by atoms with Crippen molar-refractivity contribution in [3.05, 3.63) is 76.7 Å². The highest BCUT2D eigenvalue weighted by atomic mass is 32.1. The lowest BCUT2D eigenvalue weighted by Crippen LogP contribution is -2.30. The van der Waals surface area contributed by atoms with E-state index < -0.39 is 17.8 Å². The molecule has 0 saturated carbocycles. The number of hydrogen-bond acceptors (Lipinski definition) is 4. The Morgan fingerprint density at radius 2 is 1.94 bits per heavy atom. The summed E-state index contributed by atoms with van der Waals surface area (Å²) in [6, 6.07) is 9.95. The highest BCUT2D eigenvalue weighted by Crippen LogP contribution is 2.36. The minimum atomic E-state index is -4.68. The molecule has 0 spiro atoms. The summed E-state index contributed by atoms with van der Waals surface area (Å²) in [5.41, 5.74) is -0.231. The van der Waals surface area contributed by atoms with Gasteiger partial charge in [0.05, 0.1) is 22.8 Å². The van der Waals surface area contributed by atoms with Gasteiger partial charge in [-0.15, -0.1) is 11.3 Å². The van der Waals surface area contributed by atoms with E-state index in [0.29, 0.717) is 22.4 Å². The predicted molar refractivity (Wildman–Crippen MR) is 111 cm³/mol. The van der Waals surface area contributed by atoms with Gasteiger partial charge in [0, 0.05) is 6.54 Å². The molecule has 4 aromatic rings. The van der Waals surface area contributed by atoms with Crippen molar-refractivity contribution in [2.45, 2.75) is 25.1 Å². The van der Waals surface area contributed by atoms with E-state index in [4.69, 9.17) is 0 Å². The van der Waals surface area contributed by atoms with Gasteiger partial charge in [0.25, 0.3) is 5.91 Å². The number of carbonyl (C=O) groups is 1. The first-order chi connectivity index (χ1) is 15.3. The van der Waals surface area contributed by atoms with Gasteiger partial charge < -0.3 is 4.90 Å². The van der Waals surface area contributed by atoms with E-state index >= 15 is 0 Å². The molecule has 0 bridgehead atoms. The van der Waals surface area contributed by atoms with Crippen molar-refractivity contribution < 1.29 is 22.4 Å². The van der Waals surface area contributed by atoms with Crippen LogP contribution in [0, 0.1) is 5.82 Å². The Morgan fingerprint density at radius 3 is 2.62 bits per heavy atom. The number of carbonyl (C=O) groups excluding carboxylic acids is 1. The highest BCUT2D eigenvalue weighted by molar-refractivity contribution is 7.13. The van der Waals surface area contributed by atoms with Crippen LogP contribution in [0.5, 0.6) is 0 Å². The Morgan fingerprint density at radius 1 is 1.16 bits per heavy atom. The van der Waals surface area contributed by atoms with Gasteiger partial charge >= 0.3 is 6.18 Å². The molecular formula is C22H16F4N4OS. The molecule has 1 fully saturated rings. The summed E-state index contributed by atoms with van der Waals surface area (Å²) in [6.07, 6.45) is -2.13. The number of alkyl halides is 3. The van der Waals surface area contributed by atoms with Gasteiger partial charge in [-0.2, -0.15) is 18.3 Å². The molecule has 1 aliphatic heterocycles. The van der Waals surface area contributed by atoms with Crippen molar-refractivity contribution in [2.24, 2.45) is 0 Å². The Labute approximate surface area is 183 Å². The quantitative estimate of drug-likeness (QED) is 0.375. The van der Waals surface area contributed by atoms with Gasteiger partial charge in [-0.05, 0) is 48.1 Å². The summed E-state index contributed by atoms with van der Waals surface area (Å²) in [6.45, 7) is 0.439. The molecule has 1 amide bonds. The fourth-order valence-electron chi connectivity index (χ4n) is 4.06. The zero-order valence-corrected chi connectivity index (χ0v) is 17.3. The molecule has 0 N–H and O–H groups in total. The lowest BCUT2D eigenvalue weighted by Gasteiger charge is -2.24. The second kappa shape index (κ2) is 7.70. The normalized spacial score (nSPS) is 16.8. The second-order valence-corrected chi connectivity index (χ2v) is 8.45. The van der Waals surface area contributed by atoms with Crippen LogP contribution in [-0.2, 0) is 6.18 Å². The van der Waals surface area contributed by atoms with Crippen molar-refractivity contribution in [3.8, 4) is 10.6 Å². The number of likely N-dealkylation sites (tertiary alicyclic amines) is 1. The molecule has 1 saturated heterocycles. The zero-order valence-electron chi connectivity index (χ0n) is 16.5. The first kappa shape index (κ1) is 20.6. The number of rotatable bonds is 3. The summed E-state index contributed by atoms with van der Waals surface area (Å²) < 4.78 is 55.3. The number of benzene rings is 1. The summed E-state index contributed by atoms with van der Waals surface area (Å²) in [5.74, 6) is -0.826. The van der Waals surface area contributed by atoms with E-state index in [0.717, 1.165) is 24.2 Å². The minimum Gasteiger partial charge on any atom is -0.331 e. The number of halogens is 4. The molecule has 32 heavy (non-hydrogen) atoms. The number of thiophene rings is 1. The van der Waals surface area contributed by atoms with E-state index in [9.17, 15) is 22.4 Å². The van der Waals surface area contributed by atoms with Crippen molar-refractivity contribution in [3.63, 3.8) is 0 Å². The van der Waals surface area contributed by atoms with Gasteiger partial charge in [-0.3, -0.25) is 4.79 Å². The van der Waals surface area contributed by atoms with Crippen LogP contribution < -0.4 is 0 Å².